The summed E-state index contributed by atoms with van der Waals surface area (Å²) in [7, 11) is 0. The molecular weight excluding hydrogens is 223 g/mol. The third-order valence-electron chi connectivity index (χ3n) is 2.83. The minimum atomic E-state index is -0.703. The Hall–Kier alpha value is -1.62. The summed E-state index contributed by atoms with van der Waals surface area (Å²) in [5.74, 6) is -1.32. The van der Waals surface area contributed by atoms with Gasteiger partial charge in [-0.15, -0.1) is 0 Å². The molecular formula is C12H15FN2O2. The van der Waals surface area contributed by atoms with E-state index in [1.165, 1.54) is 12.1 Å². The van der Waals surface area contributed by atoms with Crippen LogP contribution in [0.15, 0.2) is 18.2 Å². The average molecular weight is 238 g/mol. The second kappa shape index (κ2) is 5.14. The summed E-state index contributed by atoms with van der Waals surface area (Å²) in [5.41, 5.74) is -0.0339. The van der Waals surface area contributed by atoms with Crippen molar-refractivity contribution in [1.82, 2.24) is 10.6 Å². The van der Waals surface area contributed by atoms with Crippen molar-refractivity contribution in [1.29, 1.82) is 0 Å². The molecule has 0 spiro atoms. The van der Waals surface area contributed by atoms with Crippen LogP contribution < -0.4 is 10.6 Å². The molecule has 0 radical (unpaired) electrons. The van der Waals surface area contributed by atoms with Gasteiger partial charge in [0.25, 0.3) is 5.91 Å². The number of hydrogen-bond acceptors (Lipinski definition) is 3. The van der Waals surface area contributed by atoms with Crippen LogP contribution in [0.1, 0.15) is 23.2 Å². The van der Waals surface area contributed by atoms with Gasteiger partial charge in [0, 0.05) is 18.7 Å². The van der Waals surface area contributed by atoms with Crippen molar-refractivity contribution in [2.24, 2.45) is 0 Å². The SMILES string of the molecule is O=C(NC1CCCNC1)c1ccc(O)cc1F. The number of benzene rings is 1. The van der Waals surface area contributed by atoms with Crippen LogP contribution in [-0.2, 0) is 0 Å². The molecule has 5 heteroatoms. The zero-order valence-electron chi connectivity index (χ0n) is 9.37. The molecule has 0 saturated carbocycles. The summed E-state index contributed by atoms with van der Waals surface area (Å²) in [6.07, 6.45) is 1.90. The van der Waals surface area contributed by atoms with Gasteiger partial charge in [0.1, 0.15) is 11.6 Å². The maximum atomic E-state index is 13.4. The Kier molecular flexibility index (Phi) is 3.58. The lowest BCUT2D eigenvalue weighted by molar-refractivity contribution is 0.0926. The zero-order valence-corrected chi connectivity index (χ0v) is 9.37. The van der Waals surface area contributed by atoms with Crippen LogP contribution in [0.3, 0.4) is 0 Å². The third-order valence-corrected chi connectivity index (χ3v) is 2.83. The first-order chi connectivity index (χ1) is 8.16. The summed E-state index contributed by atoms with van der Waals surface area (Å²) < 4.78 is 13.4. The molecule has 1 saturated heterocycles. The lowest BCUT2D eigenvalue weighted by Crippen LogP contribution is -2.45. The first kappa shape index (κ1) is 11.9. The van der Waals surface area contributed by atoms with E-state index in [1.807, 2.05) is 0 Å². The Morgan fingerprint density at radius 3 is 3.00 bits per heavy atom. The highest BCUT2D eigenvalue weighted by atomic mass is 19.1. The predicted octanol–water partition coefficient (Wildman–Crippen LogP) is 1.01. The van der Waals surface area contributed by atoms with E-state index in [9.17, 15) is 9.18 Å². The number of carbonyl (C=O) groups excluding carboxylic acids is 1. The highest BCUT2D eigenvalue weighted by molar-refractivity contribution is 5.94. The Labute approximate surface area is 98.8 Å². The number of piperidine rings is 1. The van der Waals surface area contributed by atoms with Gasteiger partial charge in [-0.05, 0) is 31.5 Å². The molecule has 4 nitrogen and oxygen atoms in total. The molecule has 1 heterocycles. The number of phenolic OH excluding ortho intramolecular Hbond substituents is 1. The Morgan fingerprint density at radius 1 is 1.53 bits per heavy atom. The van der Waals surface area contributed by atoms with Crippen LogP contribution in [-0.4, -0.2) is 30.1 Å². The smallest absolute Gasteiger partial charge is 0.254 e. The van der Waals surface area contributed by atoms with E-state index < -0.39 is 11.7 Å². The van der Waals surface area contributed by atoms with Gasteiger partial charge in [0.05, 0.1) is 5.56 Å². The number of rotatable bonds is 2. The van der Waals surface area contributed by atoms with Gasteiger partial charge in [0.2, 0.25) is 0 Å². The van der Waals surface area contributed by atoms with Gasteiger partial charge >= 0.3 is 0 Å². The minimum absolute atomic E-state index is 0.0339. The van der Waals surface area contributed by atoms with E-state index >= 15 is 0 Å². The number of amides is 1. The molecule has 3 N–H and O–H groups in total. The summed E-state index contributed by atoms with van der Waals surface area (Å²) in [4.78, 5) is 11.8. The average Bonchev–Trinajstić information content (AvgIpc) is 2.30. The van der Waals surface area contributed by atoms with Crippen LogP contribution in [0, 0.1) is 5.82 Å². The third kappa shape index (κ3) is 2.94. The lowest BCUT2D eigenvalue weighted by Gasteiger charge is -2.23. The molecule has 1 fully saturated rings. The second-order valence-electron chi connectivity index (χ2n) is 4.18. The van der Waals surface area contributed by atoms with E-state index in [0.29, 0.717) is 6.54 Å². The van der Waals surface area contributed by atoms with Crippen molar-refractivity contribution < 1.29 is 14.3 Å². The normalized spacial score (nSPS) is 19.9. The number of halogens is 1. The van der Waals surface area contributed by atoms with Gasteiger partial charge in [-0.25, -0.2) is 4.39 Å². The summed E-state index contributed by atoms with van der Waals surface area (Å²) >= 11 is 0. The molecule has 2 rings (SSSR count). The van der Waals surface area contributed by atoms with Gasteiger partial charge in [-0.1, -0.05) is 0 Å². The molecule has 1 amide bonds. The molecule has 1 atom stereocenters. The summed E-state index contributed by atoms with van der Waals surface area (Å²) in [6, 6.07) is 3.57. The van der Waals surface area contributed by atoms with E-state index in [1.54, 1.807) is 0 Å². The maximum Gasteiger partial charge on any atom is 0.254 e. The van der Waals surface area contributed by atoms with E-state index in [2.05, 4.69) is 10.6 Å². The molecule has 0 bridgehead atoms. The lowest BCUT2D eigenvalue weighted by atomic mass is 10.1. The first-order valence-corrected chi connectivity index (χ1v) is 5.67. The minimum Gasteiger partial charge on any atom is -0.508 e. The van der Waals surface area contributed by atoms with Crippen LogP contribution in [0.25, 0.3) is 0 Å². The van der Waals surface area contributed by atoms with Crippen molar-refractivity contribution in [2.75, 3.05) is 13.1 Å². The Morgan fingerprint density at radius 2 is 2.35 bits per heavy atom. The quantitative estimate of drug-likeness (QED) is 0.720. The van der Waals surface area contributed by atoms with Crippen LogP contribution in [0.4, 0.5) is 4.39 Å². The number of carbonyl (C=O) groups is 1. The Bertz CT molecular complexity index is 417. The molecule has 0 aromatic heterocycles. The van der Waals surface area contributed by atoms with Gasteiger partial charge in [-0.3, -0.25) is 4.79 Å². The van der Waals surface area contributed by atoms with E-state index in [4.69, 9.17) is 5.11 Å². The van der Waals surface area contributed by atoms with E-state index in [0.717, 1.165) is 25.5 Å². The van der Waals surface area contributed by atoms with Gasteiger partial charge < -0.3 is 15.7 Å². The fourth-order valence-electron chi connectivity index (χ4n) is 1.93. The topological polar surface area (TPSA) is 61.4 Å². The van der Waals surface area contributed by atoms with E-state index in [-0.39, 0.29) is 17.4 Å². The van der Waals surface area contributed by atoms with Crippen LogP contribution in [0.2, 0.25) is 0 Å². The maximum absolute atomic E-state index is 13.4. The van der Waals surface area contributed by atoms with Crippen molar-refractivity contribution in [3.63, 3.8) is 0 Å². The highest BCUT2D eigenvalue weighted by Gasteiger charge is 2.18. The molecule has 92 valence electrons. The van der Waals surface area contributed by atoms with Crippen LogP contribution in [0.5, 0.6) is 5.75 Å². The Balaban J connectivity index is 2.03. The van der Waals surface area contributed by atoms with Gasteiger partial charge in [-0.2, -0.15) is 0 Å². The fraction of sp³-hybridized carbons (Fsp3) is 0.417. The number of hydrogen-bond donors (Lipinski definition) is 3. The monoisotopic (exact) mass is 238 g/mol. The summed E-state index contributed by atoms with van der Waals surface area (Å²) in [6.45, 7) is 1.67. The largest absolute Gasteiger partial charge is 0.508 e. The first-order valence-electron chi connectivity index (χ1n) is 5.67. The second-order valence-corrected chi connectivity index (χ2v) is 4.18. The fourth-order valence-corrected chi connectivity index (χ4v) is 1.93. The summed E-state index contributed by atoms with van der Waals surface area (Å²) in [5, 5.41) is 15.0. The number of nitrogens with one attached hydrogen (secondary N) is 2. The molecule has 0 aliphatic carbocycles. The van der Waals surface area contributed by atoms with Crippen molar-refractivity contribution in [2.45, 2.75) is 18.9 Å². The molecule has 1 aromatic carbocycles. The number of aromatic hydroxyl groups is 1. The van der Waals surface area contributed by atoms with Crippen LogP contribution >= 0.6 is 0 Å². The zero-order chi connectivity index (χ0) is 12.3. The molecule has 1 unspecified atom stereocenters. The molecule has 1 aliphatic heterocycles. The predicted molar refractivity (Wildman–Crippen MR) is 61.4 cm³/mol. The van der Waals surface area contributed by atoms with Gasteiger partial charge in [0.15, 0.2) is 0 Å². The van der Waals surface area contributed by atoms with Crippen molar-refractivity contribution >= 4 is 5.91 Å². The highest BCUT2D eigenvalue weighted by Crippen LogP contribution is 2.15. The molecule has 1 aliphatic rings. The van der Waals surface area contributed by atoms with Crippen molar-refractivity contribution in [3.05, 3.63) is 29.6 Å². The number of phenols is 1. The molecule has 1 aromatic rings. The standard InChI is InChI=1S/C12H15FN2O2/c13-11-6-9(16)3-4-10(11)12(17)15-8-2-1-5-14-7-8/h3-4,6,8,14,16H,1-2,5,7H2,(H,15,17). The van der Waals surface area contributed by atoms with Crippen molar-refractivity contribution in [3.8, 4) is 5.75 Å². The molecule has 17 heavy (non-hydrogen) atoms.